The summed E-state index contributed by atoms with van der Waals surface area (Å²) in [6.45, 7) is 2.75. The highest BCUT2D eigenvalue weighted by Gasteiger charge is 2.20. The van der Waals surface area contributed by atoms with Crippen LogP contribution in [0.5, 0.6) is 0 Å². The summed E-state index contributed by atoms with van der Waals surface area (Å²) in [4.78, 5) is 0. The van der Waals surface area contributed by atoms with Crippen molar-refractivity contribution >= 4 is 11.8 Å². The van der Waals surface area contributed by atoms with Crippen molar-refractivity contribution in [3.05, 3.63) is 66.0 Å². The lowest BCUT2D eigenvalue weighted by molar-refractivity contribution is 0.564. The monoisotopic (exact) mass is 413 g/mol. The predicted molar refractivity (Wildman–Crippen MR) is 104 cm³/mol. The molecule has 0 bridgehead atoms. The fraction of sp³-hybridized carbons (Fsp3) is 0.211. The van der Waals surface area contributed by atoms with E-state index in [1.165, 1.54) is 23.9 Å². The van der Waals surface area contributed by atoms with Crippen LogP contribution in [0.25, 0.3) is 17.1 Å². The molecule has 0 aliphatic heterocycles. The Kier molecular flexibility index (Phi) is 5.61. The SMILES string of the molecule is CCCn1nnnc1CSc1nnc(-c2ccccc2)n1-c1ccc(F)cc1F. The first-order chi connectivity index (χ1) is 14.2. The van der Waals surface area contributed by atoms with Crippen LogP contribution in [0.15, 0.2) is 53.7 Å². The first kappa shape index (κ1) is 19.2. The first-order valence-corrected chi connectivity index (χ1v) is 10.00. The van der Waals surface area contributed by atoms with Crippen LogP contribution < -0.4 is 0 Å². The molecule has 0 atom stereocenters. The maximum Gasteiger partial charge on any atom is 0.196 e. The summed E-state index contributed by atoms with van der Waals surface area (Å²) in [5.74, 6) is 0.245. The zero-order valence-electron chi connectivity index (χ0n) is 15.5. The minimum Gasteiger partial charge on any atom is -0.267 e. The maximum absolute atomic E-state index is 14.6. The third kappa shape index (κ3) is 4.02. The van der Waals surface area contributed by atoms with Crippen molar-refractivity contribution in [2.24, 2.45) is 0 Å². The predicted octanol–water partition coefficient (Wildman–Crippen LogP) is 3.90. The fourth-order valence-electron chi connectivity index (χ4n) is 2.86. The number of thioether (sulfide) groups is 1. The van der Waals surface area contributed by atoms with Crippen LogP contribution in [0.2, 0.25) is 0 Å². The molecule has 148 valence electrons. The van der Waals surface area contributed by atoms with Crippen LogP contribution in [0.1, 0.15) is 19.2 Å². The van der Waals surface area contributed by atoms with E-state index in [-0.39, 0.29) is 5.69 Å². The molecule has 4 aromatic rings. The Morgan fingerprint density at radius 3 is 2.59 bits per heavy atom. The van der Waals surface area contributed by atoms with Gasteiger partial charge in [-0.2, -0.15) is 0 Å². The average Bonchev–Trinajstić information content (AvgIpc) is 3.34. The second kappa shape index (κ2) is 8.48. The van der Waals surface area contributed by atoms with Crippen molar-refractivity contribution < 1.29 is 8.78 Å². The summed E-state index contributed by atoms with van der Waals surface area (Å²) in [6, 6.07) is 12.8. The molecule has 0 spiro atoms. The topological polar surface area (TPSA) is 74.3 Å². The molecule has 2 aromatic heterocycles. The van der Waals surface area contributed by atoms with Gasteiger partial charge in [-0.1, -0.05) is 49.0 Å². The molecule has 2 aromatic carbocycles. The van der Waals surface area contributed by atoms with Crippen molar-refractivity contribution in [1.29, 1.82) is 0 Å². The number of aromatic nitrogens is 7. The van der Waals surface area contributed by atoms with E-state index in [1.807, 2.05) is 37.3 Å². The molecule has 0 N–H and O–H groups in total. The average molecular weight is 413 g/mol. The van der Waals surface area contributed by atoms with Gasteiger partial charge in [0.2, 0.25) is 0 Å². The highest BCUT2D eigenvalue weighted by molar-refractivity contribution is 7.98. The van der Waals surface area contributed by atoms with Gasteiger partial charge in [-0.05, 0) is 29.0 Å². The third-order valence-electron chi connectivity index (χ3n) is 4.19. The number of nitrogens with zero attached hydrogens (tertiary/aromatic N) is 7. The van der Waals surface area contributed by atoms with Crippen molar-refractivity contribution in [2.75, 3.05) is 0 Å². The van der Waals surface area contributed by atoms with Gasteiger partial charge in [0.05, 0.1) is 11.4 Å². The van der Waals surface area contributed by atoms with Gasteiger partial charge in [0, 0.05) is 18.2 Å². The number of tetrazole rings is 1. The van der Waals surface area contributed by atoms with Gasteiger partial charge >= 0.3 is 0 Å². The Morgan fingerprint density at radius 1 is 1.00 bits per heavy atom. The Morgan fingerprint density at radius 2 is 1.83 bits per heavy atom. The second-order valence-electron chi connectivity index (χ2n) is 6.21. The van der Waals surface area contributed by atoms with E-state index in [9.17, 15) is 8.78 Å². The van der Waals surface area contributed by atoms with Gasteiger partial charge in [-0.3, -0.25) is 4.57 Å². The maximum atomic E-state index is 14.6. The fourth-order valence-corrected chi connectivity index (χ4v) is 3.74. The molecule has 0 amide bonds. The molecular formula is C19H17F2N7S. The second-order valence-corrected chi connectivity index (χ2v) is 7.15. The van der Waals surface area contributed by atoms with Gasteiger partial charge in [-0.25, -0.2) is 13.5 Å². The summed E-state index contributed by atoms with van der Waals surface area (Å²) >= 11 is 1.33. The van der Waals surface area contributed by atoms with Gasteiger partial charge in [0.15, 0.2) is 16.8 Å². The number of benzene rings is 2. The van der Waals surface area contributed by atoms with E-state index in [0.29, 0.717) is 29.1 Å². The largest absolute Gasteiger partial charge is 0.267 e. The Bertz CT molecular complexity index is 1110. The normalized spacial score (nSPS) is 11.1. The number of hydrogen-bond donors (Lipinski definition) is 0. The van der Waals surface area contributed by atoms with Crippen LogP contribution in [0, 0.1) is 11.6 Å². The minimum atomic E-state index is -0.695. The van der Waals surface area contributed by atoms with Crippen molar-refractivity contribution in [1.82, 2.24) is 35.0 Å². The number of aryl methyl sites for hydroxylation is 1. The van der Waals surface area contributed by atoms with Crippen LogP contribution in [0.4, 0.5) is 8.78 Å². The summed E-state index contributed by atoms with van der Waals surface area (Å²) in [5.41, 5.74) is 0.942. The van der Waals surface area contributed by atoms with Crippen molar-refractivity contribution in [2.45, 2.75) is 30.8 Å². The Hall–Kier alpha value is -3.14. The standard InChI is InChI=1S/C19H17F2N7S/c1-2-10-27-17(22-25-26-27)12-29-19-24-23-18(13-6-4-3-5-7-13)28(19)16-9-8-14(20)11-15(16)21/h3-9,11H,2,10,12H2,1H3. The summed E-state index contributed by atoms with van der Waals surface area (Å²) < 4.78 is 31.4. The third-order valence-corrected chi connectivity index (χ3v) is 5.11. The molecule has 0 unspecified atom stereocenters. The number of hydrogen-bond acceptors (Lipinski definition) is 6. The van der Waals surface area contributed by atoms with E-state index in [0.717, 1.165) is 18.1 Å². The molecule has 0 saturated carbocycles. The molecule has 0 aliphatic carbocycles. The zero-order chi connectivity index (χ0) is 20.2. The number of halogens is 2. The smallest absolute Gasteiger partial charge is 0.196 e. The Labute approximate surface area is 169 Å². The van der Waals surface area contributed by atoms with Gasteiger partial charge in [-0.15, -0.1) is 15.3 Å². The van der Waals surface area contributed by atoms with Gasteiger partial charge in [0.25, 0.3) is 0 Å². The molecule has 2 heterocycles. The van der Waals surface area contributed by atoms with Crippen molar-refractivity contribution in [3.63, 3.8) is 0 Å². The molecule has 0 fully saturated rings. The minimum absolute atomic E-state index is 0.172. The summed E-state index contributed by atoms with van der Waals surface area (Å²) in [5, 5.41) is 20.7. The molecule has 0 aliphatic rings. The molecular weight excluding hydrogens is 396 g/mol. The summed E-state index contributed by atoms with van der Waals surface area (Å²) in [6.07, 6.45) is 0.901. The quantitative estimate of drug-likeness (QED) is 0.428. The van der Waals surface area contributed by atoms with Crippen LogP contribution in [-0.2, 0) is 12.3 Å². The molecule has 7 nitrogen and oxygen atoms in total. The lowest BCUT2D eigenvalue weighted by Gasteiger charge is -2.11. The Balaban J connectivity index is 1.74. The van der Waals surface area contributed by atoms with E-state index in [1.54, 1.807) is 9.25 Å². The van der Waals surface area contributed by atoms with Crippen LogP contribution in [0.3, 0.4) is 0 Å². The lowest BCUT2D eigenvalue weighted by Crippen LogP contribution is -2.06. The lowest BCUT2D eigenvalue weighted by atomic mass is 10.2. The highest BCUT2D eigenvalue weighted by atomic mass is 32.2. The highest BCUT2D eigenvalue weighted by Crippen LogP contribution is 2.30. The zero-order valence-corrected chi connectivity index (χ0v) is 16.4. The molecule has 0 radical (unpaired) electrons. The summed E-state index contributed by atoms with van der Waals surface area (Å²) in [7, 11) is 0. The molecule has 29 heavy (non-hydrogen) atoms. The van der Waals surface area contributed by atoms with Gasteiger partial charge in [0.1, 0.15) is 11.6 Å². The number of rotatable bonds is 7. The first-order valence-electron chi connectivity index (χ1n) is 9.01. The van der Waals surface area contributed by atoms with E-state index in [4.69, 9.17) is 0 Å². The molecule has 10 heteroatoms. The van der Waals surface area contributed by atoms with Gasteiger partial charge < -0.3 is 0 Å². The van der Waals surface area contributed by atoms with Crippen LogP contribution in [-0.4, -0.2) is 35.0 Å². The van der Waals surface area contributed by atoms with E-state index in [2.05, 4.69) is 25.7 Å². The molecule has 0 saturated heterocycles. The van der Waals surface area contributed by atoms with E-state index >= 15 is 0 Å². The van der Waals surface area contributed by atoms with Crippen molar-refractivity contribution in [3.8, 4) is 17.1 Å². The molecule has 4 rings (SSSR count). The van der Waals surface area contributed by atoms with E-state index < -0.39 is 11.6 Å². The van der Waals surface area contributed by atoms with Crippen LogP contribution >= 0.6 is 11.8 Å².